The third-order valence-corrected chi connectivity index (χ3v) is 3.67. The van der Waals surface area contributed by atoms with Gasteiger partial charge in [-0.15, -0.1) is 0 Å². The van der Waals surface area contributed by atoms with Crippen molar-refractivity contribution >= 4 is 0 Å². The van der Waals surface area contributed by atoms with E-state index in [2.05, 4.69) is 11.9 Å². The third kappa shape index (κ3) is 1.50. The van der Waals surface area contributed by atoms with E-state index in [9.17, 15) is 0 Å². The van der Waals surface area contributed by atoms with Gasteiger partial charge in [-0.25, -0.2) is 0 Å². The Hall–Kier alpha value is -0.0800. The summed E-state index contributed by atoms with van der Waals surface area (Å²) in [5.41, 5.74) is 5.71. The number of hydrogen-bond acceptors (Lipinski definition) is 2. The Bertz CT molecular complexity index is 158. The lowest BCUT2D eigenvalue weighted by Gasteiger charge is -2.30. The van der Waals surface area contributed by atoms with Crippen LogP contribution in [0.2, 0.25) is 0 Å². The van der Waals surface area contributed by atoms with Gasteiger partial charge in [-0.05, 0) is 50.6 Å². The molecule has 0 radical (unpaired) electrons. The molecular weight excluding hydrogens is 148 g/mol. The molecule has 1 saturated heterocycles. The molecule has 2 fully saturated rings. The lowest BCUT2D eigenvalue weighted by Crippen LogP contribution is -2.27. The van der Waals surface area contributed by atoms with Crippen LogP contribution in [0.3, 0.4) is 0 Å². The number of rotatable bonds is 1. The maximum absolute atomic E-state index is 5.71. The Morgan fingerprint density at radius 2 is 2.00 bits per heavy atom. The molecule has 0 aromatic rings. The smallest absolute Gasteiger partial charge is 0.000996 e. The fraction of sp³-hybridized carbons (Fsp3) is 1.00. The van der Waals surface area contributed by atoms with Crippen molar-refractivity contribution in [2.24, 2.45) is 23.5 Å². The first-order valence-electron chi connectivity index (χ1n) is 5.18. The van der Waals surface area contributed by atoms with Crippen LogP contribution >= 0.6 is 0 Å². The maximum atomic E-state index is 5.71. The quantitative estimate of drug-likeness (QED) is 0.631. The van der Waals surface area contributed by atoms with E-state index in [1.54, 1.807) is 0 Å². The molecule has 0 bridgehead atoms. The molecular formula is C10H20N2. The van der Waals surface area contributed by atoms with Crippen LogP contribution in [0.25, 0.3) is 0 Å². The summed E-state index contributed by atoms with van der Waals surface area (Å²) in [6, 6.07) is 0. The summed E-state index contributed by atoms with van der Waals surface area (Å²) >= 11 is 0. The van der Waals surface area contributed by atoms with Crippen molar-refractivity contribution in [3.63, 3.8) is 0 Å². The number of hydrogen-bond donors (Lipinski definition) is 1. The molecule has 1 aliphatic carbocycles. The van der Waals surface area contributed by atoms with Gasteiger partial charge in [0, 0.05) is 13.1 Å². The highest BCUT2D eigenvalue weighted by Crippen LogP contribution is 2.37. The van der Waals surface area contributed by atoms with E-state index in [0.717, 1.165) is 24.3 Å². The van der Waals surface area contributed by atoms with Crippen LogP contribution in [-0.4, -0.2) is 31.6 Å². The van der Waals surface area contributed by atoms with Crippen LogP contribution < -0.4 is 5.73 Å². The van der Waals surface area contributed by atoms with Gasteiger partial charge in [0.15, 0.2) is 0 Å². The van der Waals surface area contributed by atoms with E-state index >= 15 is 0 Å². The Morgan fingerprint density at radius 3 is 2.75 bits per heavy atom. The predicted molar refractivity (Wildman–Crippen MR) is 50.9 cm³/mol. The molecule has 2 heteroatoms. The Morgan fingerprint density at radius 1 is 1.25 bits per heavy atom. The van der Waals surface area contributed by atoms with Crippen LogP contribution in [0.5, 0.6) is 0 Å². The first kappa shape index (κ1) is 8.52. The average Bonchev–Trinajstić information content (AvgIpc) is 2.43. The molecule has 0 aromatic carbocycles. The molecule has 3 atom stereocenters. The number of fused-ring (bicyclic) bond motifs is 1. The monoisotopic (exact) mass is 168 g/mol. The maximum Gasteiger partial charge on any atom is 0.000996 e. The molecule has 2 rings (SSSR count). The van der Waals surface area contributed by atoms with Crippen molar-refractivity contribution in [3.8, 4) is 0 Å². The average molecular weight is 168 g/mol. The minimum atomic E-state index is 0.831. The number of nitrogens with two attached hydrogens (primary N) is 1. The molecule has 2 nitrogen and oxygen atoms in total. The molecule has 0 spiro atoms. The van der Waals surface area contributed by atoms with Gasteiger partial charge in [-0.2, -0.15) is 0 Å². The van der Waals surface area contributed by atoms with Crippen LogP contribution in [0.4, 0.5) is 0 Å². The van der Waals surface area contributed by atoms with Crippen LogP contribution in [0.15, 0.2) is 0 Å². The van der Waals surface area contributed by atoms with Gasteiger partial charge in [0.25, 0.3) is 0 Å². The molecule has 0 amide bonds. The summed E-state index contributed by atoms with van der Waals surface area (Å²) in [6.07, 6.45) is 4.20. The molecule has 2 N–H and O–H groups in total. The third-order valence-electron chi connectivity index (χ3n) is 3.67. The predicted octanol–water partition coefficient (Wildman–Crippen LogP) is 0.923. The molecule has 0 aromatic heterocycles. The van der Waals surface area contributed by atoms with Crippen molar-refractivity contribution in [1.29, 1.82) is 0 Å². The lowest BCUT2D eigenvalue weighted by atomic mass is 9.76. The molecule has 1 saturated carbocycles. The van der Waals surface area contributed by atoms with Gasteiger partial charge in [0.2, 0.25) is 0 Å². The first-order valence-corrected chi connectivity index (χ1v) is 5.18. The molecule has 2 aliphatic rings. The molecule has 1 aliphatic heterocycles. The van der Waals surface area contributed by atoms with Gasteiger partial charge in [-0.3, -0.25) is 0 Å². The first-order chi connectivity index (χ1) is 5.79. The van der Waals surface area contributed by atoms with Gasteiger partial charge >= 0.3 is 0 Å². The van der Waals surface area contributed by atoms with Crippen LogP contribution in [0, 0.1) is 17.8 Å². The Labute approximate surface area is 75.1 Å². The summed E-state index contributed by atoms with van der Waals surface area (Å²) < 4.78 is 0. The minimum absolute atomic E-state index is 0.831. The van der Waals surface area contributed by atoms with E-state index in [-0.39, 0.29) is 0 Å². The Kier molecular flexibility index (Phi) is 2.37. The van der Waals surface area contributed by atoms with Crippen molar-refractivity contribution < 1.29 is 0 Å². The summed E-state index contributed by atoms with van der Waals surface area (Å²) in [5.74, 6) is 2.80. The molecule has 12 heavy (non-hydrogen) atoms. The van der Waals surface area contributed by atoms with Crippen molar-refractivity contribution in [2.75, 3.05) is 26.7 Å². The highest BCUT2D eigenvalue weighted by atomic mass is 15.1. The fourth-order valence-electron chi connectivity index (χ4n) is 2.98. The topological polar surface area (TPSA) is 29.3 Å². The van der Waals surface area contributed by atoms with E-state index in [0.29, 0.717) is 0 Å². The number of nitrogens with zero attached hydrogens (tertiary/aromatic N) is 1. The zero-order valence-corrected chi connectivity index (χ0v) is 8.00. The summed E-state index contributed by atoms with van der Waals surface area (Å²) in [7, 11) is 2.25. The summed E-state index contributed by atoms with van der Waals surface area (Å²) in [4.78, 5) is 2.48. The standard InChI is InChI=1S/C10H20N2/c1-12-6-9-3-2-8(5-11)4-10(9)7-12/h8-10H,2-7,11H2,1H3/t8-,9-,10-/m1/s1. The summed E-state index contributed by atoms with van der Waals surface area (Å²) in [6.45, 7) is 3.57. The largest absolute Gasteiger partial charge is 0.330 e. The fourth-order valence-corrected chi connectivity index (χ4v) is 2.98. The lowest BCUT2D eigenvalue weighted by molar-refractivity contribution is 0.229. The van der Waals surface area contributed by atoms with E-state index in [4.69, 9.17) is 5.73 Å². The Balaban J connectivity index is 1.93. The van der Waals surface area contributed by atoms with Crippen molar-refractivity contribution in [3.05, 3.63) is 0 Å². The van der Waals surface area contributed by atoms with Crippen LogP contribution in [0.1, 0.15) is 19.3 Å². The SMILES string of the molecule is CN1C[C@H]2CC[C@@H](CN)C[C@@H]2C1. The van der Waals surface area contributed by atoms with E-state index < -0.39 is 0 Å². The van der Waals surface area contributed by atoms with Crippen molar-refractivity contribution in [1.82, 2.24) is 4.90 Å². The van der Waals surface area contributed by atoms with E-state index in [1.807, 2.05) is 0 Å². The second-order valence-corrected chi connectivity index (χ2v) is 4.66. The van der Waals surface area contributed by atoms with Crippen LogP contribution in [-0.2, 0) is 0 Å². The zero-order chi connectivity index (χ0) is 8.55. The van der Waals surface area contributed by atoms with E-state index in [1.165, 1.54) is 32.4 Å². The molecule has 70 valence electrons. The van der Waals surface area contributed by atoms with Gasteiger partial charge in [-0.1, -0.05) is 0 Å². The normalized spacial score (nSPS) is 43.0. The second kappa shape index (κ2) is 3.35. The van der Waals surface area contributed by atoms with Gasteiger partial charge in [0.1, 0.15) is 0 Å². The highest BCUT2D eigenvalue weighted by Gasteiger charge is 2.35. The minimum Gasteiger partial charge on any atom is -0.330 e. The van der Waals surface area contributed by atoms with Crippen molar-refractivity contribution in [2.45, 2.75) is 19.3 Å². The van der Waals surface area contributed by atoms with Gasteiger partial charge < -0.3 is 10.6 Å². The zero-order valence-electron chi connectivity index (χ0n) is 8.00. The highest BCUT2D eigenvalue weighted by molar-refractivity contribution is 4.88. The molecule has 1 heterocycles. The number of likely N-dealkylation sites (tertiary alicyclic amines) is 1. The second-order valence-electron chi connectivity index (χ2n) is 4.66. The van der Waals surface area contributed by atoms with Gasteiger partial charge in [0.05, 0.1) is 0 Å². The molecule has 0 unspecified atom stereocenters. The summed E-state index contributed by atoms with van der Waals surface area (Å²) in [5, 5.41) is 0.